The topological polar surface area (TPSA) is 58.0 Å². The van der Waals surface area contributed by atoms with Crippen molar-refractivity contribution < 1.29 is 9.90 Å². The average Bonchev–Trinajstić information content (AvgIpc) is 3.24. The average molecular weight is 358 g/mol. The van der Waals surface area contributed by atoms with Gasteiger partial charge in [0, 0.05) is 34.0 Å². The fraction of sp³-hybridized carbons (Fsp3) is 0.174. The smallest absolute Gasteiger partial charge is 0.335 e. The Balaban J connectivity index is 1.69. The van der Waals surface area contributed by atoms with Crippen LogP contribution in [0.25, 0.3) is 33.4 Å². The van der Waals surface area contributed by atoms with Gasteiger partial charge in [0.2, 0.25) is 0 Å². The molecule has 0 atom stereocenters. The van der Waals surface area contributed by atoms with Gasteiger partial charge in [-0.15, -0.1) is 0 Å². The Morgan fingerprint density at radius 3 is 2.19 bits per heavy atom. The van der Waals surface area contributed by atoms with Crippen LogP contribution in [0.2, 0.25) is 0 Å². The van der Waals surface area contributed by atoms with Crippen LogP contribution in [-0.2, 0) is 0 Å². The molecule has 0 aliphatic carbocycles. The van der Waals surface area contributed by atoms with Crippen LogP contribution in [-0.4, -0.2) is 20.6 Å². The van der Waals surface area contributed by atoms with E-state index in [4.69, 9.17) is 5.11 Å². The Hall–Kier alpha value is -3.27. The van der Waals surface area contributed by atoms with E-state index >= 15 is 0 Å². The minimum absolute atomic E-state index is 0.293. The van der Waals surface area contributed by atoms with Gasteiger partial charge in [-0.1, -0.05) is 18.2 Å². The molecule has 0 saturated heterocycles. The van der Waals surface area contributed by atoms with Crippen LogP contribution < -0.4 is 0 Å². The van der Waals surface area contributed by atoms with Gasteiger partial charge < -0.3 is 14.7 Å². The molecular weight excluding hydrogens is 336 g/mol. The third-order valence-corrected chi connectivity index (χ3v) is 4.99. The summed E-state index contributed by atoms with van der Waals surface area (Å²) in [4.78, 5) is 14.5. The van der Waals surface area contributed by atoms with Crippen LogP contribution in [0.5, 0.6) is 0 Å². The van der Waals surface area contributed by atoms with Crippen LogP contribution >= 0.6 is 0 Å². The monoisotopic (exact) mass is 358 g/mol. The van der Waals surface area contributed by atoms with Gasteiger partial charge in [0.15, 0.2) is 0 Å². The van der Waals surface area contributed by atoms with Crippen LogP contribution in [0.4, 0.5) is 0 Å². The minimum atomic E-state index is -0.911. The summed E-state index contributed by atoms with van der Waals surface area (Å²) in [5.74, 6) is -0.911. The second-order valence-corrected chi connectivity index (χ2v) is 7.19. The van der Waals surface area contributed by atoms with Gasteiger partial charge in [-0.2, -0.15) is 0 Å². The van der Waals surface area contributed by atoms with Crippen LogP contribution in [0.15, 0.2) is 60.7 Å². The lowest BCUT2D eigenvalue weighted by atomic mass is 10.1. The molecule has 0 unspecified atom stereocenters. The summed E-state index contributed by atoms with van der Waals surface area (Å²) in [6.07, 6.45) is 0. The Kier molecular flexibility index (Phi) is 4.11. The van der Waals surface area contributed by atoms with Crippen molar-refractivity contribution in [3.63, 3.8) is 0 Å². The number of carbonyl (C=O) groups is 1. The van der Waals surface area contributed by atoms with Crippen LogP contribution in [0.1, 0.15) is 35.9 Å². The number of carboxylic acid groups (broad SMARTS) is 1. The molecule has 2 aromatic heterocycles. The fourth-order valence-electron chi connectivity index (χ4n) is 3.75. The number of carboxylic acids is 1. The molecule has 4 rings (SSSR count). The standard InChI is InChI=1S/C23H22N2O2/c1-14(2)25-15(3)12-19-13-18(8-11-22(19)25)21-10-9-20(24-21)16-4-6-17(7-5-16)23(26)27/h4-14,24H,1-3H3,(H,26,27). The molecule has 0 fully saturated rings. The molecule has 0 aliphatic rings. The molecule has 4 heteroatoms. The molecule has 2 aromatic carbocycles. The van der Waals surface area contributed by atoms with E-state index in [1.807, 2.05) is 18.2 Å². The largest absolute Gasteiger partial charge is 0.478 e. The second kappa shape index (κ2) is 6.47. The zero-order chi connectivity index (χ0) is 19.1. The van der Waals surface area contributed by atoms with Gasteiger partial charge >= 0.3 is 5.97 Å². The van der Waals surface area contributed by atoms with Crippen molar-refractivity contribution in [3.05, 3.63) is 71.9 Å². The molecule has 2 heterocycles. The van der Waals surface area contributed by atoms with Gasteiger partial charge in [0.05, 0.1) is 5.56 Å². The molecule has 4 nitrogen and oxygen atoms in total. The van der Waals surface area contributed by atoms with E-state index in [0.717, 1.165) is 22.5 Å². The van der Waals surface area contributed by atoms with Crippen molar-refractivity contribution in [1.29, 1.82) is 0 Å². The summed E-state index contributed by atoms with van der Waals surface area (Å²) < 4.78 is 2.35. The number of nitrogens with zero attached hydrogens (tertiary/aromatic N) is 1. The van der Waals surface area contributed by atoms with Gasteiger partial charge in [-0.05, 0) is 74.4 Å². The van der Waals surface area contributed by atoms with Crippen molar-refractivity contribution in [2.75, 3.05) is 0 Å². The Bertz CT molecular complexity index is 1130. The minimum Gasteiger partial charge on any atom is -0.478 e. The van der Waals surface area contributed by atoms with Crippen molar-refractivity contribution in [2.45, 2.75) is 26.8 Å². The molecule has 0 amide bonds. The number of rotatable bonds is 4. The number of aromatic nitrogens is 2. The fourth-order valence-corrected chi connectivity index (χ4v) is 3.75. The third-order valence-electron chi connectivity index (χ3n) is 4.99. The highest BCUT2D eigenvalue weighted by Crippen LogP contribution is 2.30. The first-order valence-corrected chi connectivity index (χ1v) is 9.09. The predicted octanol–water partition coefficient (Wildman–Crippen LogP) is 5.89. The Morgan fingerprint density at radius 2 is 1.56 bits per heavy atom. The van der Waals surface area contributed by atoms with Crippen molar-refractivity contribution in [2.24, 2.45) is 0 Å². The lowest BCUT2D eigenvalue weighted by Gasteiger charge is -2.12. The zero-order valence-corrected chi connectivity index (χ0v) is 15.7. The molecule has 0 spiro atoms. The van der Waals surface area contributed by atoms with Crippen molar-refractivity contribution in [3.8, 4) is 22.5 Å². The van der Waals surface area contributed by atoms with Gasteiger partial charge in [-0.3, -0.25) is 0 Å². The van der Waals surface area contributed by atoms with Gasteiger partial charge in [-0.25, -0.2) is 4.79 Å². The molecule has 0 radical (unpaired) electrons. The van der Waals surface area contributed by atoms with Gasteiger partial charge in [0.25, 0.3) is 0 Å². The van der Waals surface area contributed by atoms with E-state index in [1.165, 1.54) is 16.6 Å². The Morgan fingerprint density at radius 1 is 0.926 bits per heavy atom. The van der Waals surface area contributed by atoms with Crippen LogP contribution in [0, 0.1) is 6.92 Å². The van der Waals surface area contributed by atoms with E-state index in [9.17, 15) is 4.79 Å². The highest BCUT2D eigenvalue weighted by atomic mass is 16.4. The Labute approximate surface area is 158 Å². The predicted molar refractivity (Wildman–Crippen MR) is 109 cm³/mol. The molecule has 4 aromatic rings. The number of nitrogens with one attached hydrogen (secondary N) is 1. The number of aromatic amines is 1. The van der Waals surface area contributed by atoms with E-state index in [0.29, 0.717) is 11.6 Å². The lowest BCUT2D eigenvalue weighted by molar-refractivity contribution is 0.0697. The molecule has 0 aliphatic heterocycles. The summed E-state index contributed by atoms with van der Waals surface area (Å²) in [5, 5.41) is 10.3. The molecule has 0 saturated carbocycles. The van der Waals surface area contributed by atoms with E-state index in [2.05, 4.69) is 60.7 Å². The maximum atomic E-state index is 11.0. The number of aromatic carboxylic acids is 1. The third kappa shape index (κ3) is 3.04. The summed E-state index contributed by atoms with van der Waals surface area (Å²) in [5.41, 5.74) is 6.93. The first kappa shape index (κ1) is 17.2. The number of hydrogen-bond donors (Lipinski definition) is 2. The molecular formula is C23H22N2O2. The number of aryl methyl sites for hydroxylation is 1. The van der Waals surface area contributed by atoms with E-state index < -0.39 is 5.97 Å². The highest BCUT2D eigenvalue weighted by Gasteiger charge is 2.11. The summed E-state index contributed by atoms with van der Waals surface area (Å²) in [6, 6.07) is 20.2. The molecule has 27 heavy (non-hydrogen) atoms. The molecule has 2 N–H and O–H groups in total. The quantitative estimate of drug-likeness (QED) is 0.478. The number of H-pyrrole nitrogens is 1. The SMILES string of the molecule is Cc1cc2cc(-c3ccc(-c4ccc(C(=O)O)cc4)[nH]3)ccc2n1C(C)C. The maximum Gasteiger partial charge on any atom is 0.335 e. The molecule has 0 bridgehead atoms. The number of hydrogen-bond acceptors (Lipinski definition) is 1. The summed E-state index contributed by atoms with van der Waals surface area (Å²) in [7, 11) is 0. The van der Waals surface area contributed by atoms with E-state index in [1.54, 1.807) is 12.1 Å². The van der Waals surface area contributed by atoms with Crippen molar-refractivity contribution in [1.82, 2.24) is 9.55 Å². The maximum absolute atomic E-state index is 11.0. The molecule has 136 valence electrons. The lowest BCUT2D eigenvalue weighted by Crippen LogP contribution is -2.01. The summed E-state index contributed by atoms with van der Waals surface area (Å²) >= 11 is 0. The first-order chi connectivity index (χ1) is 12.9. The van der Waals surface area contributed by atoms with Crippen molar-refractivity contribution >= 4 is 16.9 Å². The zero-order valence-electron chi connectivity index (χ0n) is 15.7. The first-order valence-electron chi connectivity index (χ1n) is 9.09. The second-order valence-electron chi connectivity index (χ2n) is 7.19. The number of fused-ring (bicyclic) bond motifs is 1. The normalized spacial score (nSPS) is 11.4. The number of benzene rings is 2. The van der Waals surface area contributed by atoms with E-state index in [-0.39, 0.29) is 0 Å². The van der Waals surface area contributed by atoms with Gasteiger partial charge in [0.1, 0.15) is 0 Å². The summed E-state index contributed by atoms with van der Waals surface area (Å²) in [6.45, 7) is 6.55. The van der Waals surface area contributed by atoms with Crippen LogP contribution in [0.3, 0.4) is 0 Å². The highest BCUT2D eigenvalue weighted by molar-refractivity contribution is 5.88.